The number of hydrogen-bond donors (Lipinski definition) is 1. The van der Waals surface area contributed by atoms with E-state index in [2.05, 4.69) is 15.4 Å². The molecule has 2 rings (SSSR count). The van der Waals surface area contributed by atoms with E-state index < -0.39 is 4.92 Å². The van der Waals surface area contributed by atoms with Crippen LogP contribution in [0.25, 0.3) is 0 Å². The van der Waals surface area contributed by atoms with Crippen molar-refractivity contribution in [3.8, 4) is 0 Å². The molecule has 6 heteroatoms. The Morgan fingerprint density at radius 2 is 1.91 bits per heavy atom. The fourth-order valence-electron chi connectivity index (χ4n) is 2.04. The zero-order chi connectivity index (χ0) is 16.7. The van der Waals surface area contributed by atoms with Gasteiger partial charge in [-0.2, -0.15) is 5.10 Å². The van der Waals surface area contributed by atoms with E-state index in [4.69, 9.17) is 0 Å². The standard InChI is InChI=1S/C17H20N4O2/c1-20(2)12-11-17(19-18-15-8-4-3-5-9-15)14-7-6-10-16(13-14)21(22)23/h3-10,13,18H,11-12H2,1-2H3. The minimum atomic E-state index is -0.391. The molecule has 23 heavy (non-hydrogen) atoms. The van der Waals surface area contributed by atoms with E-state index in [1.54, 1.807) is 12.1 Å². The van der Waals surface area contributed by atoms with Crippen molar-refractivity contribution in [3.05, 3.63) is 70.3 Å². The number of para-hydroxylation sites is 1. The summed E-state index contributed by atoms with van der Waals surface area (Å²) in [5.41, 5.74) is 5.50. The Morgan fingerprint density at radius 1 is 1.17 bits per heavy atom. The van der Waals surface area contributed by atoms with Gasteiger partial charge in [-0.1, -0.05) is 30.3 Å². The Kier molecular flexibility index (Phi) is 5.82. The minimum Gasteiger partial charge on any atom is -0.309 e. The molecule has 0 unspecified atom stereocenters. The third-order valence-electron chi connectivity index (χ3n) is 3.28. The van der Waals surface area contributed by atoms with Gasteiger partial charge in [-0.05, 0) is 26.2 Å². The van der Waals surface area contributed by atoms with Crippen LogP contribution in [-0.4, -0.2) is 36.2 Å². The van der Waals surface area contributed by atoms with Gasteiger partial charge < -0.3 is 4.90 Å². The fourth-order valence-corrected chi connectivity index (χ4v) is 2.04. The Labute approximate surface area is 135 Å². The number of hydrogen-bond acceptors (Lipinski definition) is 5. The van der Waals surface area contributed by atoms with E-state index in [0.29, 0.717) is 6.42 Å². The van der Waals surface area contributed by atoms with Crippen molar-refractivity contribution >= 4 is 17.1 Å². The molecule has 120 valence electrons. The molecule has 2 aromatic carbocycles. The molecule has 0 fully saturated rings. The minimum absolute atomic E-state index is 0.0692. The number of non-ortho nitro benzene ring substituents is 1. The molecule has 0 spiro atoms. The summed E-state index contributed by atoms with van der Waals surface area (Å²) in [6.07, 6.45) is 0.688. The van der Waals surface area contributed by atoms with Crippen LogP contribution in [0.2, 0.25) is 0 Å². The van der Waals surface area contributed by atoms with Crippen LogP contribution in [-0.2, 0) is 0 Å². The summed E-state index contributed by atoms with van der Waals surface area (Å²) >= 11 is 0. The van der Waals surface area contributed by atoms with Crippen LogP contribution >= 0.6 is 0 Å². The summed E-state index contributed by atoms with van der Waals surface area (Å²) < 4.78 is 0. The fraction of sp³-hybridized carbons (Fsp3) is 0.235. The van der Waals surface area contributed by atoms with Gasteiger partial charge in [0.25, 0.3) is 5.69 Å². The first kappa shape index (κ1) is 16.6. The molecule has 0 saturated carbocycles. The van der Waals surface area contributed by atoms with E-state index in [0.717, 1.165) is 23.5 Å². The summed E-state index contributed by atoms with van der Waals surface area (Å²) in [7, 11) is 3.96. The van der Waals surface area contributed by atoms with Gasteiger partial charge in [0, 0.05) is 30.7 Å². The summed E-state index contributed by atoms with van der Waals surface area (Å²) in [5.74, 6) is 0. The van der Waals surface area contributed by atoms with Crippen molar-refractivity contribution in [1.29, 1.82) is 0 Å². The van der Waals surface area contributed by atoms with E-state index in [1.165, 1.54) is 6.07 Å². The first-order valence-electron chi connectivity index (χ1n) is 7.33. The second-order valence-corrected chi connectivity index (χ2v) is 5.40. The first-order valence-corrected chi connectivity index (χ1v) is 7.33. The molecule has 0 aliphatic carbocycles. The summed E-state index contributed by atoms with van der Waals surface area (Å²) in [4.78, 5) is 12.6. The second-order valence-electron chi connectivity index (χ2n) is 5.40. The molecule has 0 aromatic heterocycles. The van der Waals surface area contributed by atoms with Crippen LogP contribution in [0.5, 0.6) is 0 Å². The zero-order valence-electron chi connectivity index (χ0n) is 13.3. The number of nitro benzene ring substituents is 1. The van der Waals surface area contributed by atoms with Crippen LogP contribution in [0.4, 0.5) is 11.4 Å². The Bertz CT molecular complexity index is 684. The van der Waals surface area contributed by atoms with Crippen LogP contribution in [0.15, 0.2) is 59.7 Å². The summed E-state index contributed by atoms with van der Waals surface area (Å²) in [5, 5.41) is 15.4. The third-order valence-corrected chi connectivity index (χ3v) is 3.28. The second kappa shape index (κ2) is 8.05. The predicted octanol–water partition coefficient (Wildman–Crippen LogP) is 3.36. The molecule has 0 atom stereocenters. The number of benzene rings is 2. The smallest absolute Gasteiger partial charge is 0.270 e. The number of anilines is 1. The molecular formula is C17H20N4O2. The molecule has 0 saturated heterocycles. The first-order chi connectivity index (χ1) is 11.1. The van der Waals surface area contributed by atoms with E-state index in [1.807, 2.05) is 50.5 Å². The molecular weight excluding hydrogens is 292 g/mol. The van der Waals surface area contributed by atoms with Crippen molar-refractivity contribution in [3.63, 3.8) is 0 Å². The molecule has 0 amide bonds. The van der Waals surface area contributed by atoms with Crippen molar-refractivity contribution in [2.45, 2.75) is 6.42 Å². The molecule has 1 N–H and O–H groups in total. The average molecular weight is 312 g/mol. The highest BCUT2D eigenvalue weighted by molar-refractivity contribution is 6.01. The normalized spacial score (nSPS) is 11.5. The highest BCUT2D eigenvalue weighted by atomic mass is 16.6. The molecule has 2 aromatic rings. The lowest BCUT2D eigenvalue weighted by Crippen LogP contribution is -2.18. The van der Waals surface area contributed by atoms with Crippen LogP contribution in [0.3, 0.4) is 0 Å². The lowest BCUT2D eigenvalue weighted by atomic mass is 10.1. The van der Waals surface area contributed by atoms with Crippen LogP contribution < -0.4 is 5.43 Å². The molecule has 0 bridgehead atoms. The lowest BCUT2D eigenvalue weighted by molar-refractivity contribution is -0.384. The molecule has 0 heterocycles. The zero-order valence-corrected chi connectivity index (χ0v) is 13.3. The van der Waals surface area contributed by atoms with Crippen molar-refractivity contribution < 1.29 is 4.92 Å². The SMILES string of the molecule is CN(C)CCC(=NNc1ccccc1)c1cccc([N+](=O)[O-])c1. The Hall–Kier alpha value is -2.73. The van der Waals surface area contributed by atoms with Crippen molar-refractivity contribution in [2.24, 2.45) is 5.10 Å². The van der Waals surface area contributed by atoms with Crippen LogP contribution in [0.1, 0.15) is 12.0 Å². The maximum absolute atomic E-state index is 11.0. The van der Waals surface area contributed by atoms with Gasteiger partial charge in [0.15, 0.2) is 0 Å². The number of rotatable bonds is 7. The maximum Gasteiger partial charge on any atom is 0.270 e. The summed E-state index contributed by atoms with van der Waals surface area (Å²) in [6.45, 7) is 0.804. The Morgan fingerprint density at radius 3 is 2.57 bits per heavy atom. The van der Waals surface area contributed by atoms with Gasteiger partial charge >= 0.3 is 0 Å². The maximum atomic E-state index is 11.0. The van der Waals surface area contributed by atoms with E-state index >= 15 is 0 Å². The molecule has 0 aliphatic rings. The van der Waals surface area contributed by atoms with Gasteiger partial charge in [0.2, 0.25) is 0 Å². The third kappa shape index (κ3) is 5.19. The average Bonchev–Trinajstić information content (AvgIpc) is 2.55. The lowest BCUT2D eigenvalue weighted by Gasteiger charge is -2.12. The highest BCUT2D eigenvalue weighted by Gasteiger charge is 2.10. The topological polar surface area (TPSA) is 70.8 Å². The number of nitro groups is 1. The van der Waals surface area contributed by atoms with E-state index in [-0.39, 0.29) is 5.69 Å². The number of hydrazone groups is 1. The van der Waals surface area contributed by atoms with Crippen molar-refractivity contribution in [1.82, 2.24) is 4.90 Å². The van der Waals surface area contributed by atoms with Gasteiger partial charge in [0.1, 0.15) is 0 Å². The number of nitrogens with one attached hydrogen (secondary N) is 1. The molecule has 0 radical (unpaired) electrons. The largest absolute Gasteiger partial charge is 0.309 e. The Balaban J connectivity index is 2.26. The molecule has 6 nitrogen and oxygen atoms in total. The van der Waals surface area contributed by atoms with Gasteiger partial charge in [-0.3, -0.25) is 15.5 Å². The van der Waals surface area contributed by atoms with Gasteiger partial charge in [-0.15, -0.1) is 0 Å². The quantitative estimate of drug-likeness (QED) is 0.483. The van der Waals surface area contributed by atoms with Gasteiger partial charge in [0.05, 0.1) is 16.3 Å². The van der Waals surface area contributed by atoms with Crippen LogP contribution in [0, 0.1) is 10.1 Å². The van der Waals surface area contributed by atoms with Gasteiger partial charge in [-0.25, -0.2) is 0 Å². The van der Waals surface area contributed by atoms with E-state index in [9.17, 15) is 10.1 Å². The monoisotopic (exact) mass is 312 g/mol. The molecule has 0 aliphatic heterocycles. The predicted molar refractivity (Wildman–Crippen MR) is 92.9 cm³/mol. The highest BCUT2D eigenvalue weighted by Crippen LogP contribution is 2.16. The van der Waals surface area contributed by atoms with Crippen molar-refractivity contribution in [2.75, 3.05) is 26.1 Å². The summed E-state index contributed by atoms with van der Waals surface area (Å²) in [6, 6.07) is 16.2. The number of nitrogens with zero attached hydrogens (tertiary/aromatic N) is 3.